The number of hydrogen-bond acceptors (Lipinski definition) is 3. The third kappa shape index (κ3) is 3.00. The highest BCUT2D eigenvalue weighted by Crippen LogP contribution is 2.43. The van der Waals surface area contributed by atoms with Gasteiger partial charge in [0, 0.05) is 44.8 Å². The third-order valence-corrected chi connectivity index (χ3v) is 7.29. The number of carbonyl (C=O) groups is 1. The van der Waals surface area contributed by atoms with Crippen LogP contribution in [0.1, 0.15) is 49.3 Å². The molecule has 0 N–H and O–H groups in total. The first-order valence-electron chi connectivity index (χ1n) is 10.7. The highest BCUT2D eigenvalue weighted by molar-refractivity contribution is 5.75. The summed E-state index contributed by atoms with van der Waals surface area (Å²) in [5, 5.41) is 0. The lowest BCUT2D eigenvalue weighted by Gasteiger charge is -2.52. The number of piperidine rings is 2. The monoisotopic (exact) mass is 369 g/mol. The standard InChI is InChI=1S/C22H31N3O2/c1-27-18-6-7-19-16(13-18)8-12-24-15-17-5-4-11-25(20(17)14-21(19)24)22(26)23-9-2-3-10-23/h6-7,13,17,20-21H,2-5,8-12,14-15H2,1H3. The lowest BCUT2D eigenvalue weighted by Crippen LogP contribution is -2.59. The van der Waals surface area contributed by atoms with Gasteiger partial charge in [-0.25, -0.2) is 4.79 Å². The zero-order valence-electron chi connectivity index (χ0n) is 16.4. The smallest absolute Gasteiger partial charge is 0.320 e. The minimum Gasteiger partial charge on any atom is -0.497 e. The van der Waals surface area contributed by atoms with Crippen LogP contribution in [0.5, 0.6) is 5.75 Å². The minimum absolute atomic E-state index is 0.307. The Hall–Kier alpha value is -1.75. The second-order valence-electron chi connectivity index (χ2n) is 8.70. The molecular formula is C22H31N3O2. The van der Waals surface area contributed by atoms with Gasteiger partial charge in [-0.2, -0.15) is 0 Å². The van der Waals surface area contributed by atoms with Crippen molar-refractivity contribution in [3.05, 3.63) is 29.3 Å². The van der Waals surface area contributed by atoms with Crippen LogP contribution in [0.25, 0.3) is 0 Å². The van der Waals surface area contributed by atoms with Crippen LogP contribution in [0, 0.1) is 5.92 Å². The van der Waals surface area contributed by atoms with Gasteiger partial charge in [-0.15, -0.1) is 0 Å². The van der Waals surface area contributed by atoms with E-state index in [-0.39, 0.29) is 0 Å². The number of benzene rings is 1. The van der Waals surface area contributed by atoms with E-state index in [9.17, 15) is 4.79 Å². The van der Waals surface area contributed by atoms with Crippen molar-refractivity contribution in [1.82, 2.24) is 14.7 Å². The fourth-order valence-corrected chi connectivity index (χ4v) is 5.89. The van der Waals surface area contributed by atoms with Gasteiger partial charge in [0.1, 0.15) is 5.75 Å². The van der Waals surface area contributed by atoms with E-state index in [2.05, 4.69) is 32.9 Å². The number of urea groups is 1. The van der Waals surface area contributed by atoms with Gasteiger partial charge in [0.25, 0.3) is 0 Å². The lowest BCUT2D eigenvalue weighted by molar-refractivity contribution is -0.000132. The van der Waals surface area contributed by atoms with Gasteiger partial charge in [0.15, 0.2) is 0 Å². The molecule has 0 radical (unpaired) electrons. The van der Waals surface area contributed by atoms with E-state index >= 15 is 0 Å². The molecule has 0 bridgehead atoms. The molecule has 146 valence electrons. The number of nitrogens with zero attached hydrogens (tertiary/aromatic N) is 3. The van der Waals surface area contributed by atoms with Gasteiger partial charge in [-0.1, -0.05) is 6.07 Å². The SMILES string of the molecule is COc1ccc2c(c1)CCN1CC3CCCN(C(=O)N4CCCC4)C3CC21. The Morgan fingerprint density at radius 2 is 1.96 bits per heavy atom. The van der Waals surface area contributed by atoms with Gasteiger partial charge in [0.05, 0.1) is 7.11 Å². The number of ether oxygens (including phenoxy) is 1. The number of hydrogen-bond donors (Lipinski definition) is 0. The molecule has 0 aromatic heterocycles. The van der Waals surface area contributed by atoms with Gasteiger partial charge < -0.3 is 14.5 Å². The molecule has 0 saturated carbocycles. The van der Waals surface area contributed by atoms with E-state index in [4.69, 9.17) is 4.74 Å². The fourth-order valence-electron chi connectivity index (χ4n) is 5.89. The Bertz CT molecular complexity index is 716. The Morgan fingerprint density at radius 1 is 1.11 bits per heavy atom. The molecule has 3 fully saturated rings. The summed E-state index contributed by atoms with van der Waals surface area (Å²) in [5.41, 5.74) is 2.89. The molecule has 1 aromatic rings. The summed E-state index contributed by atoms with van der Waals surface area (Å²) >= 11 is 0. The van der Waals surface area contributed by atoms with E-state index in [1.54, 1.807) is 7.11 Å². The van der Waals surface area contributed by atoms with Crippen LogP contribution < -0.4 is 4.74 Å². The van der Waals surface area contributed by atoms with Crippen LogP contribution in [-0.4, -0.2) is 66.6 Å². The third-order valence-electron chi connectivity index (χ3n) is 7.29. The number of amides is 2. The van der Waals surface area contributed by atoms with Crippen LogP contribution in [0.2, 0.25) is 0 Å². The minimum atomic E-state index is 0.307. The summed E-state index contributed by atoms with van der Waals surface area (Å²) in [5.74, 6) is 1.60. The Kier molecular flexibility index (Phi) is 4.50. The highest BCUT2D eigenvalue weighted by atomic mass is 16.5. The summed E-state index contributed by atoms with van der Waals surface area (Å²) in [6, 6.07) is 7.74. The maximum Gasteiger partial charge on any atom is 0.320 e. The Labute approximate surface area is 162 Å². The molecule has 5 rings (SSSR count). The van der Waals surface area contributed by atoms with Crippen molar-refractivity contribution in [2.24, 2.45) is 5.92 Å². The topological polar surface area (TPSA) is 36.0 Å². The number of carbonyl (C=O) groups excluding carboxylic acids is 1. The molecule has 3 unspecified atom stereocenters. The number of fused-ring (bicyclic) bond motifs is 4. The number of rotatable bonds is 1. The molecule has 3 saturated heterocycles. The first-order valence-corrected chi connectivity index (χ1v) is 10.7. The number of likely N-dealkylation sites (tertiary alicyclic amines) is 2. The van der Waals surface area contributed by atoms with Crippen molar-refractivity contribution in [3.8, 4) is 5.75 Å². The highest BCUT2D eigenvalue weighted by Gasteiger charge is 2.44. The van der Waals surface area contributed by atoms with Gasteiger partial charge in [-0.05, 0) is 67.7 Å². The van der Waals surface area contributed by atoms with Crippen molar-refractivity contribution in [2.45, 2.75) is 50.6 Å². The Balaban J connectivity index is 1.40. The molecule has 3 atom stereocenters. The van der Waals surface area contributed by atoms with Gasteiger partial charge in [0.2, 0.25) is 0 Å². The predicted molar refractivity (Wildman–Crippen MR) is 105 cm³/mol. The van der Waals surface area contributed by atoms with Crippen LogP contribution >= 0.6 is 0 Å². The lowest BCUT2D eigenvalue weighted by atomic mass is 9.76. The maximum absolute atomic E-state index is 13.2. The summed E-state index contributed by atoms with van der Waals surface area (Å²) in [6.07, 6.45) is 6.96. The van der Waals surface area contributed by atoms with Crippen molar-refractivity contribution in [2.75, 3.05) is 39.8 Å². The summed E-state index contributed by atoms with van der Waals surface area (Å²) in [4.78, 5) is 20.2. The maximum atomic E-state index is 13.2. The van der Waals surface area contributed by atoms with E-state index in [1.165, 1.54) is 30.4 Å². The van der Waals surface area contributed by atoms with Crippen molar-refractivity contribution in [1.29, 1.82) is 0 Å². The molecule has 5 nitrogen and oxygen atoms in total. The van der Waals surface area contributed by atoms with Crippen molar-refractivity contribution in [3.63, 3.8) is 0 Å². The van der Waals surface area contributed by atoms with Crippen molar-refractivity contribution >= 4 is 6.03 Å². The second-order valence-corrected chi connectivity index (χ2v) is 8.70. The normalized spacial score (nSPS) is 30.5. The van der Waals surface area contributed by atoms with Crippen LogP contribution in [0.15, 0.2) is 18.2 Å². The average molecular weight is 370 g/mol. The first kappa shape index (κ1) is 17.4. The molecule has 4 heterocycles. The van der Waals surface area contributed by atoms with Crippen LogP contribution in [0.4, 0.5) is 4.79 Å². The Morgan fingerprint density at radius 3 is 2.78 bits per heavy atom. The molecule has 0 aliphatic carbocycles. The zero-order valence-corrected chi connectivity index (χ0v) is 16.4. The summed E-state index contributed by atoms with van der Waals surface area (Å²) in [6.45, 7) is 5.12. The average Bonchev–Trinajstić information content (AvgIpc) is 3.25. The van der Waals surface area contributed by atoms with E-state index < -0.39 is 0 Å². The quantitative estimate of drug-likeness (QED) is 0.762. The molecule has 4 aliphatic heterocycles. The largest absolute Gasteiger partial charge is 0.497 e. The fraction of sp³-hybridized carbons (Fsp3) is 0.682. The van der Waals surface area contributed by atoms with Crippen molar-refractivity contribution < 1.29 is 9.53 Å². The van der Waals surface area contributed by atoms with Crippen LogP contribution in [0.3, 0.4) is 0 Å². The van der Waals surface area contributed by atoms with Crippen LogP contribution in [-0.2, 0) is 6.42 Å². The molecular weight excluding hydrogens is 338 g/mol. The van der Waals surface area contributed by atoms with E-state index in [0.717, 1.165) is 57.7 Å². The van der Waals surface area contributed by atoms with Gasteiger partial charge >= 0.3 is 6.03 Å². The zero-order chi connectivity index (χ0) is 18.4. The molecule has 4 aliphatic rings. The summed E-state index contributed by atoms with van der Waals surface area (Å²) in [7, 11) is 1.74. The van der Waals surface area contributed by atoms with E-state index in [0.29, 0.717) is 24.0 Å². The first-order chi connectivity index (χ1) is 13.2. The van der Waals surface area contributed by atoms with E-state index in [1.807, 2.05) is 0 Å². The van der Waals surface area contributed by atoms with Gasteiger partial charge in [-0.3, -0.25) is 4.90 Å². The molecule has 27 heavy (non-hydrogen) atoms. The number of methoxy groups -OCH3 is 1. The molecule has 2 amide bonds. The predicted octanol–water partition coefficient (Wildman–Crippen LogP) is 3.29. The molecule has 1 aromatic carbocycles. The molecule has 5 heteroatoms. The molecule has 0 spiro atoms. The summed E-state index contributed by atoms with van der Waals surface area (Å²) < 4.78 is 5.44. The second kappa shape index (κ2) is 7.01.